The summed E-state index contributed by atoms with van der Waals surface area (Å²) in [4.78, 5) is 32.1. The van der Waals surface area contributed by atoms with Gasteiger partial charge < -0.3 is 24.8 Å². The highest BCUT2D eigenvalue weighted by Gasteiger charge is 2.42. The number of hydrogen-bond acceptors (Lipinski definition) is 8. The monoisotopic (exact) mass is 588 g/mol. The first-order valence-electron chi connectivity index (χ1n) is 12.8. The van der Waals surface area contributed by atoms with Crippen LogP contribution in [0.15, 0.2) is 97.1 Å². The van der Waals surface area contributed by atoms with Crippen molar-refractivity contribution in [3.63, 3.8) is 0 Å². The molecule has 0 saturated heterocycles. The second-order valence-electron chi connectivity index (χ2n) is 9.06. The Balaban J connectivity index is 1.45. The molecule has 0 radical (unpaired) electrons. The Morgan fingerprint density at radius 1 is 0.814 bits per heavy atom. The summed E-state index contributed by atoms with van der Waals surface area (Å²) in [5, 5.41) is 6.13. The molecule has 0 bridgehead atoms. The van der Waals surface area contributed by atoms with E-state index in [-0.39, 0.29) is 29.6 Å². The molecule has 5 rings (SSSR count). The van der Waals surface area contributed by atoms with E-state index in [1.54, 1.807) is 60.7 Å². The highest BCUT2D eigenvalue weighted by Crippen LogP contribution is 2.37. The van der Waals surface area contributed by atoms with Gasteiger partial charge in [-0.05, 0) is 48.0 Å². The van der Waals surface area contributed by atoms with Gasteiger partial charge in [0.1, 0.15) is 12.4 Å². The summed E-state index contributed by atoms with van der Waals surface area (Å²) in [6.07, 6.45) is -5.25. The maximum atomic E-state index is 12.9. The van der Waals surface area contributed by atoms with E-state index < -0.39 is 18.2 Å². The van der Waals surface area contributed by atoms with E-state index in [4.69, 9.17) is 9.47 Å². The van der Waals surface area contributed by atoms with Crippen molar-refractivity contribution in [1.29, 1.82) is 0 Å². The van der Waals surface area contributed by atoms with E-state index in [1.807, 2.05) is 30.3 Å². The van der Waals surface area contributed by atoms with Crippen LogP contribution in [-0.4, -0.2) is 35.1 Å². The number of nitrogens with one attached hydrogen (secondary N) is 2. The number of nitrogens with zero attached hydrogens (tertiary/aromatic N) is 2. The van der Waals surface area contributed by atoms with Gasteiger partial charge in [0.2, 0.25) is 0 Å². The number of benzene rings is 4. The Kier molecular flexibility index (Phi) is 8.37. The third-order valence-electron chi connectivity index (χ3n) is 6.05. The van der Waals surface area contributed by atoms with Crippen LogP contribution >= 0.6 is 0 Å². The van der Waals surface area contributed by atoms with Gasteiger partial charge in [-0.15, -0.1) is 0 Å². The van der Waals surface area contributed by atoms with Crippen LogP contribution in [0, 0.1) is 0 Å². The number of carbonyl (C=O) groups excluding carboxylic acids is 2. The van der Waals surface area contributed by atoms with E-state index >= 15 is 0 Å². The topological polar surface area (TPSA) is 112 Å². The van der Waals surface area contributed by atoms with Crippen LogP contribution in [0.25, 0.3) is 10.9 Å². The third kappa shape index (κ3) is 7.17. The van der Waals surface area contributed by atoms with Crippen molar-refractivity contribution in [3.8, 4) is 17.5 Å². The molecule has 0 spiro atoms. The van der Waals surface area contributed by atoms with Crippen molar-refractivity contribution in [2.24, 2.45) is 0 Å². The molecule has 0 unspecified atom stereocenters. The predicted octanol–water partition coefficient (Wildman–Crippen LogP) is 6.68. The Morgan fingerprint density at radius 2 is 1.47 bits per heavy atom. The normalized spacial score (nSPS) is 11.1. The van der Waals surface area contributed by atoms with Crippen LogP contribution in [0.1, 0.15) is 15.9 Å². The molecule has 9 nitrogen and oxygen atoms in total. The maximum absolute atomic E-state index is 12.9. The maximum Gasteiger partial charge on any atom is 0.491 e. The van der Waals surface area contributed by atoms with E-state index in [0.29, 0.717) is 28.1 Å². The fourth-order valence-electron chi connectivity index (χ4n) is 3.97. The van der Waals surface area contributed by atoms with Gasteiger partial charge >= 0.3 is 18.2 Å². The zero-order valence-corrected chi connectivity index (χ0v) is 22.5. The van der Waals surface area contributed by atoms with Crippen molar-refractivity contribution in [3.05, 3.63) is 108 Å². The quantitative estimate of drug-likeness (QED) is 0.184. The molecule has 5 aromatic rings. The van der Waals surface area contributed by atoms with Crippen LogP contribution < -0.4 is 24.8 Å². The SMILES string of the molecule is COc1cc2c(Nc3ccc(NC(=O)c4ccccc4)cc3)nc(OC(=O)C(F)(F)F)nc2cc1OCc1ccccc1. The van der Waals surface area contributed by atoms with Gasteiger partial charge in [-0.3, -0.25) is 4.79 Å². The zero-order valence-electron chi connectivity index (χ0n) is 22.5. The lowest BCUT2D eigenvalue weighted by Gasteiger charge is -2.15. The van der Waals surface area contributed by atoms with Crippen LogP contribution in [0.5, 0.6) is 17.5 Å². The number of methoxy groups -OCH3 is 1. The molecule has 1 amide bonds. The number of fused-ring (bicyclic) bond motifs is 1. The van der Waals surface area contributed by atoms with Crippen molar-refractivity contribution in [2.45, 2.75) is 12.8 Å². The smallest absolute Gasteiger partial charge is 0.491 e. The molecule has 1 heterocycles. The molecule has 0 aliphatic heterocycles. The summed E-state index contributed by atoms with van der Waals surface area (Å²) < 4.78 is 54.7. The van der Waals surface area contributed by atoms with Gasteiger partial charge in [0.05, 0.1) is 12.6 Å². The summed E-state index contributed by atoms with van der Waals surface area (Å²) in [6, 6.07) is 26.7. The molecular formula is C31H23F3N4O5. The summed E-state index contributed by atoms with van der Waals surface area (Å²) in [5.74, 6) is -2.16. The number of alkyl halides is 3. The highest BCUT2D eigenvalue weighted by atomic mass is 19.4. The van der Waals surface area contributed by atoms with Crippen LogP contribution in [0.3, 0.4) is 0 Å². The number of ether oxygens (including phenoxy) is 3. The molecule has 12 heteroatoms. The standard InChI is InChI=1S/C31H23F3N4O5/c1-41-25-16-23-24(17-26(25)42-18-19-8-4-2-5-9-19)37-30(43-29(40)31(32,33)34)38-27(23)35-21-12-14-22(15-13-21)36-28(39)20-10-6-3-7-11-20/h2-17H,18H2,1H3,(H,36,39)(H,35,37,38). The first-order chi connectivity index (χ1) is 20.7. The second-order valence-corrected chi connectivity index (χ2v) is 9.06. The molecule has 0 saturated carbocycles. The van der Waals surface area contributed by atoms with Crippen molar-refractivity contribution >= 4 is 40.0 Å². The minimum atomic E-state index is -5.25. The van der Waals surface area contributed by atoms with Gasteiger partial charge in [0.15, 0.2) is 11.5 Å². The molecule has 4 aromatic carbocycles. The van der Waals surface area contributed by atoms with Crippen molar-refractivity contribution < 1.29 is 37.0 Å². The lowest BCUT2D eigenvalue weighted by atomic mass is 10.2. The Bertz CT molecular complexity index is 1750. The van der Waals surface area contributed by atoms with E-state index in [1.165, 1.54) is 13.2 Å². The number of aromatic nitrogens is 2. The fraction of sp³-hybridized carbons (Fsp3) is 0.0968. The van der Waals surface area contributed by atoms with Crippen LogP contribution in [0.4, 0.5) is 30.4 Å². The lowest BCUT2D eigenvalue weighted by molar-refractivity contribution is -0.190. The number of rotatable bonds is 9. The van der Waals surface area contributed by atoms with Gasteiger partial charge in [0, 0.05) is 28.4 Å². The predicted molar refractivity (Wildman–Crippen MR) is 153 cm³/mol. The number of amides is 1. The average Bonchev–Trinajstić information content (AvgIpc) is 3.01. The summed E-state index contributed by atoms with van der Waals surface area (Å²) in [5.41, 5.74) is 2.46. The number of esters is 1. The van der Waals surface area contributed by atoms with E-state index in [0.717, 1.165) is 5.56 Å². The van der Waals surface area contributed by atoms with Crippen LogP contribution in [0.2, 0.25) is 0 Å². The molecule has 0 aliphatic rings. The molecule has 1 aromatic heterocycles. The Hall–Kier alpha value is -5.65. The lowest BCUT2D eigenvalue weighted by Crippen LogP contribution is -2.28. The number of halogens is 3. The second kappa shape index (κ2) is 12.5. The van der Waals surface area contributed by atoms with E-state index in [9.17, 15) is 22.8 Å². The van der Waals surface area contributed by atoms with Gasteiger partial charge in [0.25, 0.3) is 5.91 Å². The van der Waals surface area contributed by atoms with Gasteiger partial charge in [-0.25, -0.2) is 4.79 Å². The fourth-order valence-corrected chi connectivity index (χ4v) is 3.97. The van der Waals surface area contributed by atoms with E-state index in [2.05, 4.69) is 25.3 Å². The minimum Gasteiger partial charge on any atom is -0.493 e. The molecule has 0 aliphatic carbocycles. The van der Waals surface area contributed by atoms with Gasteiger partial charge in [-0.2, -0.15) is 23.1 Å². The number of anilines is 3. The average molecular weight is 589 g/mol. The van der Waals surface area contributed by atoms with Crippen molar-refractivity contribution in [1.82, 2.24) is 9.97 Å². The largest absolute Gasteiger partial charge is 0.493 e. The zero-order chi connectivity index (χ0) is 30.4. The first kappa shape index (κ1) is 28.9. The van der Waals surface area contributed by atoms with Crippen molar-refractivity contribution in [2.75, 3.05) is 17.7 Å². The molecule has 43 heavy (non-hydrogen) atoms. The Morgan fingerprint density at radius 3 is 2.12 bits per heavy atom. The third-order valence-corrected chi connectivity index (χ3v) is 6.05. The molecule has 0 fully saturated rings. The summed E-state index contributed by atoms with van der Waals surface area (Å²) >= 11 is 0. The molecule has 0 atom stereocenters. The van der Waals surface area contributed by atoms with Gasteiger partial charge in [-0.1, -0.05) is 48.5 Å². The van der Waals surface area contributed by atoms with Crippen LogP contribution in [-0.2, 0) is 11.4 Å². The highest BCUT2D eigenvalue weighted by molar-refractivity contribution is 6.04. The minimum absolute atomic E-state index is 0.0314. The molecular weight excluding hydrogens is 565 g/mol. The summed E-state index contributed by atoms with van der Waals surface area (Å²) in [7, 11) is 1.44. The number of hydrogen-bond donors (Lipinski definition) is 2. The first-order valence-corrected chi connectivity index (χ1v) is 12.8. The number of carbonyl (C=O) groups is 2. The molecule has 218 valence electrons. The molecule has 2 N–H and O–H groups in total. The summed E-state index contributed by atoms with van der Waals surface area (Å²) in [6.45, 7) is 0.183. The Labute approximate surface area is 243 Å².